The number of benzene rings is 2. The number of nitrogens with one attached hydrogen (secondary N) is 1. The highest BCUT2D eigenvalue weighted by molar-refractivity contribution is 7.89. The van der Waals surface area contributed by atoms with Crippen LogP contribution in [0.15, 0.2) is 47.4 Å². The fourth-order valence-corrected chi connectivity index (χ4v) is 4.71. The van der Waals surface area contributed by atoms with Crippen molar-refractivity contribution in [3.8, 4) is 0 Å². The summed E-state index contributed by atoms with van der Waals surface area (Å²) in [5.41, 5.74) is 2.38. The molecule has 2 aromatic rings. The third-order valence-electron chi connectivity index (χ3n) is 5.31. The lowest BCUT2D eigenvalue weighted by Gasteiger charge is -2.32. The van der Waals surface area contributed by atoms with Gasteiger partial charge in [0.25, 0.3) is 0 Å². The van der Waals surface area contributed by atoms with Crippen molar-refractivity contribution in [2.45, 2.75) is 44.6 Å². The van der Waals surface area contributed by atoms with Gasteiger partial charge in [0.15, 0.2) is 0 Å². The van der Waals surface area contributed by atoms with E-state index in [1.54, 1.807) is 6.92 Å². The second-order valence-electron chi connectivity index (χ2n) is 7.52. The third kappa shape index (κ3) is 4.68. The molecule has 6 heteroatoms. The molecule has 0 aliphatic carbocycles. The average Bonchev–Trinajstić information content (AvgIpc) is 2.64. The summed E-state index contributed by atoms with van der Waals surface area (Å²) in [6, 6.07) is 11.5. The van der Waals surface area contributed by atoms with Gasteiger partial charge in [0, 0.05) is 24.8 Å². The zero-order valence-corrected chi connectivity index (χ0v) is 16.9. The molecule has 0 amide bonds. The van der Waals surface area contributed by atoms with Crippen molar-refractivity contribution in [1.29, 1.82) is 0 Å². The lowest BCUT2D eigenvalue weighted by molar-refractivity contribution is 0.438. The highest BCUT2D eigenvalue weighted by Gasteiger charge is 2.20. The largest absolute Gasteiger partial charge is 0.372 e. The summed E-state index contributed by atoms with van der Waals surface area (Å²) in [6.07, 6.45) is 2.41. The zero-order valence-electron chi connectivity index (χ0n) is 16.1. The van der Waals surface area contributed by atoms with Crippen molar-refractivity contribution in [2.24, 2.45) is 5.92 Å². The molecule has 3 rings (SSSR count). The Morgan fingerprint density at radius 1 is 1.11 bits per heavy atom. The maximum absolute atomic E-state index is 13.4. The molecule has 1 atom stereocenters. The van der Waals surface area contributed by atoms with Crippen LogP contribution in [-0.2, 0) is 10.0 Å². The van der Waals surface area contributed by atoms with Crippen molar-refractivity contribution in [2.75, 3.05) is 18.0 Å². The molecular weight excluding hydrogens is 363 g/mol. The number of nitrogens with zero attached hydrogens (tertiary/aromatic N) is 1. The lowest BCUT2D eigenvalue weighted by Crippen LogP contribution is -2.32. The van der Waals surface area contributed by atoms with E-state index in [-0.39, 0.29) is 10.9 Å². The molecule has 0 spiro atoms. The number of piperidine rings is 1. The molecule has 0 radical (unpaired) electrons. The van der Waals surface area contributed by atoms with Crippen molar-refractivity contribution in [3.63, 3.8) is 0 Å². The van der Waals surface area contributed by atoms with E-state index in [1.807, 2.05) is 19.1 Å². The van der Waals surface area contributed by atoms with Gasteiger partial charge in [-0.15, -0.1) is 0 Å². The molecule has 1 fully saturated rings. The minimum absolute atomic E-state index is 0.0762. The Morgan fingerprint density at radius 3 is 2.33 bits per heavy atom. The molecule has 0 aromatic heterocycles. The first kappa shape index (κ1) is 19.8. The molecule has 1 heterocycles. The summed E-state index contributed by atoms with van der Waals surface area (Å²) in [6.45, 7) is 7.78. The van der Waals surface area contributed by atoms with Crippen LogP contribution in [0.2, 0.25) is 0 Å². The van der Waals surface area contributed by atoms with E-state index < -0.39 is 15.8 Å². The number of anilines is 1. The van der Waals surface area contributed by atoms with E-state index in [9.17, 15) is 12.8 Å². The van der Waals surface area contributed by atoms with Crippen LogP contribution >= 0.6 is 0 Å². The first-order chi connectivity index (χ1) is 12.8. The number of hydrogen-bond acceptors (Lipinski definition) is 3. The fourth-order valence-electron chi connectivity index (χ4n) is 3.39. The van der Waals surface area contributed by atoms with Crippen LogP contribution in [0.5, 0.6) is 0 Å². The van der Waals surface area contributed by atoms with Crippen LogP contribution in [0.3, 0.4) is 0 Å². The Kier molecular flexibility index (Phi) is 5.86. The summed E-state index contributed by atoms with van der Waals surface area (Å²) >= 11 is 0. The molecule has 27 heavy (non-hydrogen) atoms. The van der Waals surface area contributed by atoms with E-state index in [1.165, 1.54) is 36.7 Å². The van der Waals surface area contributed by atoms with Crippen LogP contribution in [0.4, 0.5) is 10.1 Å². The Balaban J connectivity index is 1.70. The number of aryl methyl sites for hydroxylation is 1. The number of halogens is 1. The maximum Gasteiger partial charge on any atom is 0.241 e. The second kappa shape index (κ2) is 7.98. The van der Waals surface area contributed by atoms with Gasteiger partial charge in [0.1, 0.15) is 5.82 Å². The van der Waals surface area contributed by atoms with E-state index in [4.69, 9.17) is 0 Å². The van der Waals surface area contributed by atoms with Gasteiger partial charge in [-0.3, -0.25) is 0 Å². The molecule has 0 unspecified atom stereocenters. The van der Waals surface area contributed by atoms with Gasteiger partial charge in [-0.25, -0.2) is 17.5 Å². The normalized spacial score (nSPS) is 17.1. The van der Waals surface area contributed by atoms with Crippen LogP contribution < -0.4 is 9.62 Å². The van der Waals surface area contributed by atoms with Crippen molar-refractivity contribution >= 4 is 15.7 Å². The molecule has 2 aromatic carbocycles. The van der Waals surface area contributed by atoms with Gasteiger partial charge in [-0.2, -0.15) is 0 Å². The molecule has 0 bridgehead atoms. The summed E-state index contributed by atoms with van der Waals surface area (Å²) in [5, 5.41) is 0. The monoisotopic (exact) mass is 390 g/mol. The standard InChI is InChI=1S/C21H27FN2O2S/c1-15-10-12-24(13-11-15)19-6-4-18(5-7-19)17(3)23-27(25,26)20-8-9-21(22)16(2)14-20/h4-9,14-15,17,23H,10-13H2,1-3H3/t17-/m1/s1. The summed E-state index contributed by atoms with van der Waals surface area (Å²) < 4.78 is 41.2. The first-order valence-corrected chi connectivity index (χ1v) is 10.9. The Bertz CT molecular complexity index is 889. The predicted octanol–water partition coefficient (Wildman–Crippen LogP) is 4.41. The second-order valence-corrected chi connectivity index (χ2v) is 9.23. The Labute approximate surface area is 161 Å². The van der Waals surface area contributed by atoms with Crippen molar-refractivity contribution < 1.29 is 12.8 Å². The highest BCUT2D eigenvalue weighted by atomic mass is 32.2. The van der Waals surface area contributed by atoms with E-state index in [0.29, 0.717) is 5.56 Å². The molecule has 4 nitrogen and oxygen atoms in total. The molecule has 1 saturated heterocycles. The molecule has 1 N–H and O–H groups in total. The third-order valence-corrected chi connectivity index (χ3v) is 6.85. The summed E-state index contributed by atoms with van der Waals surface area (Å²) in [7, 11) is -3.71. The number of rotatable bonds is 5. The smallest absolute Gasteiger partial charge is 0.241 e. The molecule has 146 valence electrons. The molecule has 0 saturated carbocycles. The van der Waals surface area contributed by atoms with Crippen molar-refractivity contribution in [1.82, 2.24) is 4.72 Å². The quantitative estimate of drug-likeness (QED) is 0.823. The molecule has 1 aliphatic rings. The topological polar surface area (TPSA) is 49.4 Å². The fraction of sp³-hybridized carbons (Fsp3) is 0.429. The number of hydrogen-bond donors (Lipinski definition) is 1. The van der Waals surface area contributed by atoms with Crippen LogP contribution in [0, 0.1) is 18.7 Å². The first-order valence-electron chi connectivity index (χ1n) is 9.39. The summed E-state index contributed by atoms with van der Waals surface area (Å²) in [5.74, 6) is 0.370. The minimum Gasteiger partial charge on any atom is -0.372 e. The van der Waals surface area contributed by atoms with Crippen LogP contribution in [-0.4, -0.2) is 21.5 Å². The van der Waals surface area contributed by atoms with Gasteiger partial charge < -0.3 is 4.90 Å². The van der Waals surface area contributed by atoms with E-state index >= 15 is 0 Å². The molecular formula is C21H27FN2O2S. The number of sulfonamides is 1. The Morgan fingerprint density at radius 2 is 1.74 bits per heavy atom. The van der Waals surface area contributed by atoms with Gasteiger partial charge >= 0.3 is 0 Å². The van der Waals surface area contributed by atoms with Gasteiger partial charge in [-0.05, 0) is 74.1 Å². The average molecular weight is 391 g/mol. The van der Waals surface area contributed by atoms with Gasteiger partial charge in [0.05, 0.1) is 4.90 Å². The highest BCUT2D eigenvalue weighted by Crippen LogP contribution is 2.25. The van der Waals surface area contributed by atoms with Crippen molar-refractivity contribution in [3.05, 3.63) is 59.4 Å². The van der Waals surface area contributed by atoms with E-state index in [0.717, 1.165) is 24.6 Å². The molecule has 1 aliphatic heterocycles. The van der Waals surface area contributed by atoms with Crippen LogP contribution in [0.1, 0.15) is 43.9 Å². The predicted molar refractivity (Wildman–Crippen MR) is 107 cm³/mol. The Hall–Kier alpha value is -1.92. The van der Waals surface area contributed by atoms with Crippen LogP contribution in [0.25, 0.3) is 0 Å². The van der Waals surface area contributed by atoms with E-state index in [2.05, 4.69) is 28.7 Å². The van der Waals surface area contributed by atoms with Gasteiger partial charge in [0.2, 0.25) is 10.0 Å². The van der Waals surface area contributed by atoms with Gasteiger partial charge in [-0.1, -0.05) is 19.1 Å². The maximum atomic E-state index is 13.4. The summed E-state index contributed by atoms with van der Waals surface area (Å²) in [4.78, 5) is 2.45. The SMILES string of the molecule is Cc1cc(S(=O)(=O)N[C@H](C)c2ccc(N3CCC(C)CC3)cc2)ccc1F. The minimum atomic E-state index is -3.71. The zero-order chi connectivity index (χ0) is 19.6. The lowest BCUT2D eigenvalue weighted by atomic mass is 9.98.